The summed E-state index contributed by atoms with van der Waals surface area (Å²) in [6, 6.07) is 15.6. The Morgan fingerprint density at radius 1 is 1.00 bits per heavy atom. The van der Waals surface area contributed by atoms with Crippen molar-refractivity contribution in [2.75, 3.05) is 30.6 Å². The van der Waals surface area contributed by atoms with Crippen LogP contribution >= 0.6 is 0 Å². The number of halogens is 1. The summed E-state index contributed by atoms with van der Waals surface area (Å²) in [4.78, 5) is 28.2. The maximum absolute atomic E-state index is 14.0. The average molecular weight is 584 g/mol. The van der Waals surface area contributed by atoms with Gasteiger partial charge in [0.1, 0.15) is 31.6 Å². The van der Waals surface area contributed by atoms with Crippen molar-refractivity contribution >= 4 is 27.5 Å². The number of anilines is 1. The number of rotatable bonds is 11. The Labute approximate surface area is 239 Å². The van der Waals surface area contributed by atoms with Crippen LogP contribution in [0.3, 0.4) is 0 Å². The van der Waals surface area contributed by atoms with Crippen molar-refractivity contribution in [3.63, 3.8) is 0 Å². The average Bonchev–Trinajstić information content (AvgIpc) is 2.98. The van der Waals surface area contributed by atoms with Crippen LogP contribution in [0.15, 0.2) is 71.6 Å². The molecule has 11 heteroatoms. The number of nitrogens with one attached hydrogen (secondary N) is 1. The van der Waals surface area contributed by atoms with Gasteiger partial charge in [-0.15, -0.1) is 0 Å². The highest BCUT2D eigenvalue weighted by Crippen LogP contribution is 2.34. The Hall–Kier alpha value is -4.12. The summed E-state index contributed by atoms with van der Waals surface area (Å²) in [5.74, 6) is -0.824. The fourth-order valence-corrected chi connectivity index (χ4v) is 5.83. The SMILES string of the molecule is CCCNC(=O)[C@H](C)N(Cc1ccccc1C)C(=O)CN(c1ccc(F)cc1)S(=O)(=O)c1ccc2c(c1)OCCO2. The highest BCUT2D eigenvalue weighted by atomic mass is 32.2. The molecule has 0 radical (unpaired) electrons. The van der Waals surface area contributed by atoms with E-state index >= 15 is 0 Å². The second-order valence-electron chi connectivity index (χ2n) is 9.71. The highest BCUT2D eigenvalue weighted by Gasteiger charge is 2.33. The van der Waals surface area contributed by atoms with Crippen molar-refractivity contribution in [3.05, 3.63) is 83.7 Å². The van der Waals surface area contributed by atoms with E-state index in [9.17, 15) is 22.4 Å². The van der Waals surface area contributed by atoms with E-state index in [4.69, 9.17) is 9.47 Å². The van der Waals surface area contributed by atoms with Crippen molar-refractivity contribution in [2.45, 2.75) is 44.7 Å². The van der Waals surface area contributed by atoms with E-state index < -0.39 is 34.3 Å². The number of carbonyl (C=O) groups is 2. The van der Waals surface area contributed by atoms with Crippen LogP contribution in [0.4, 0.5) is 10.1 Å². The molecule has 0 aliphatic carbocycles. The molecule has 3 aromatic carbocycles. The number of sulfonamides is 1. The number of amides is 2. The maximum Gasteiger partial charge on any atom is 0.264 e. The summed E-state index contributed by atoms with van der Waals surface area (Å²) in [5, 5.41) is 2.81. The van der Waals surface area contributed by atoms with Crippen LogP contribution in [0.1, 0.15) is 31.4 Å². The first-order valence-electron chi connectivity index (χ1n) is 13.4. The van der Waals surface area contributed by atoms with Crippen molar-refractivity contribution in [3.8, 4) is 11.5 Å². The zero-order valence-electron chi connectivity index (χ0n) is 23.3. The molecule has 1 heterocycles. The van der Waals surface area contributed by atoms with Gasteiger partial charge in [-0.05, 0) is 67.8 Å². The van der Waals surface area contributed by atoms with Gasteiger partial charge >= 0.3 is 0 Å². The number of ether oxygens (including phenoxy) is 2. The summed E-state index contributed by atoms with van der Waals surface area (Å²) in [6.07, 6.45) is 0.719. The Balaban J connectivity index is 1.72. The van der Waals surface area contributed by atoms with Gasteiger partial charge in [0, 0.05) is 19.2 Å². The zero-order chi connectivity index (χ0) is 29.6. The van der Waals surface area contributed by atoms with E-state index in [1.54, 1.807) is 6.92 Å². The molecule has 0 aromatic heterocycles. The number of hydrogen-bond acceptors (Lipinski definition) is 6. The lowest BCUT2D eigenvalue weighted by Crippen LogP contribution is -2.51. The van der Waals surface area contributed by atoms with Crippen LogP contribution in [-0.2, 0) is 26.2 Å². The van der Waals surface area contributed by atoms with Crippen LogP contribution < -0.4 is 19.1 Å². The van der Waals surface area contributed by atoms with E-state index in [0.29, 0.717) is 18.9 Å². The highest BCUT2D eigenvalue weighted by molar-refractivity contribution is 7.92. The third kappa shape index (κ3) is 6.97. The monoisotopic (exact) mass is 583 g/mol. The number of benzene rings is 3. The summed E-state index contributed by atoms with van der Waals surface area (Å²) in [7, 11) is -4.34. The second kappa shape index (κ2) is 13.0. The van der Waals surface area contributed by atoms with Crippen molar-refractivity contribution in [1.82, 2.24) is 10.2 Å². The molecule has 3 aromatic rings. The zero-order valence-corrected chi connectivity index (χ0v) is 24.1. The van der Waals surface area contributed by atoms with Crippen LogP contribution in [0.25, 0.3) is 0 Å². The van der Waals surface area contributed by atoms with Crippen molar-refractivity contribution < 1.29 is 31.9 Å². The lowest BCUT2D eigenvalue weighted by atomic mass is 10.1. The summed E-state index contributed by atoms with van der Waals surface area (Å²) in [5.41, 5.74) is 1.83. The Kier molecular flexibility index (Phi) is 9.49. The molecular formula is C30H34FN3O6S. The number of carbonyl (C=O) groups excluding carboxylic acids is 2. The van der Waals surface area contributed by atoms with E-state index in [1.807, 2.05) is 38.1 Å². The standard InChI is InChI=1S/C30H34FN3O6S/c1-4-15-32-30(36)22(3)33(19-23-8-6-5-7-21(23)2)29(35)20-34(25-11-9-24(31)10-12-25)41(37,38)26-13-14-27-28(18-26)40-17-16-39-27/h5-14,18,22H,4,15-17,19-20H2,1-3H3,(H,32,36)/t22-/m0/s1. The Morgan fingerprint density at radius 3 is 2.37 bits per heavy atom. The molecule has 0 unspecified atom stereocenters. The smallest absolute Gasteiger partial charge is 0.264 e. The van der Waals surface area contributed by atoms with E-state index in [2.05, 4.69) is 5.32 Å². The first-order valence-corrected chi connectivity index (χ1v) is 14.9. The minimum absolute atomic E-state index is 0.0908. The first kappa shape index (κ1) is 29.9. The van der Waals surface area contributed by atoms with Crippen LogP contribution in [0.2, 0.25) is 0 Å². The van der Waals surface area contributed by atoms with Gasteiger partial charge in [0.15, 0.2) is 11.5 Å². The van der Waals surface area contributed by atoms with Crippen molar-refractivity contribution in [1.29, 1.82) is 0 Å². The second-order valence-corrected chi connectivity index (χ2v) is 11.6. The minimum atomic E-state index is -4.34. The number of hydrogen-bond donors (Lipinski definition) is 1. The third-order valence-corrected chi connectivity index (χ3v) is 8.58. The molecule has 4 rings (SSSR count). The molecule has 0 bridgehead atoms. The molecule has 1 N–H and O–H groups in total. The summed E-state index contributed by atoms with van der Waals surface area (Å²) < 4.78 is 53.8. The minimum Gasteiger partial charge on any atom is -0.486 e. The van der Waals surface area contributed by atoms with Crippen LogP contribution in [0, 0.1) is 12.7 Å². The van der Waals surface area contributed by atoms with Gasteiger partial charge in [0.2, 0.25) is 11.8 Å². The van der Waals surface area contributed by atoms with Gasteiger partial charge in [-0.25, -0.2) is 12.8 Å². The molecule has 1 aliphatic rings. The van der Waals surface area contributed by atoms with Gasteiger partial charge in [-0.3, -0.25) is 13.9 Å². The number of fused-ring (bicyclic) bond motifs is 1. The molecule has 0 saturated heterocycles. The lowest BCUT2D eigenvalue weighted by molar-refractivity contribution is -0.139. The van der Waals surface area contributed by atoms with Gasteiger partial charge in [0.05, 0.1) is 10.6 Å². The fourth-order valence-electron chi connectivity index (χ4n) is 4.40. The Morgan fingerprint density at radius 2 is 1.68 bits per heavy atom. The molecule has 0 spiro atoms. The molecule has 218 valence electrons. The lowest BCUT2D eigenvalue weighted by Gasteiger charge is -2.32. The molecule has 1 aliphatic heterocycles. The predicted octanol–water partition coefficient (Wildman–Crippen LogP) is 4.04. The quantitative estimate of drug-likeness (QED) is 0.365. The van der Waals surface area contributed by atoms with Crippen LogP contribution in [0.5, 0.6) is 11.5 Å². The van der Waals surface area contributed by atoms with Crippen LogP contribution in [-0.4, -0.2) is 57.5 Å². The van der Waals surface area contributed by atoms with E-state index in [-0.39, 0.29) is 35.4 Å². The molecule has 41 heavy (non-hydrogen) atoms. The predicted molar refractivity (Wildman–Crippen MR) is 153 cm³/mol. The summed E-state index contributed by atoms with van der Waals surface area (Å²) >= 11 is 0. The van der Waals surface area contributed by atoms with Gasteiger partial charge < -0.3 is 19.7 Å². The molecule has 1 atom stereocenters. The van der Waals surface area contributed by atoms with Gasteiger partial charge in [0.25, 0.3) is 10.0 Å². The van der Waals surface area contributed by atoms with E-state index in [1.165, 1.54) is 35.2 Å². The fraction of sp³-hybridized carbons (Fsp3) is 0.333. The Bertz CT molecular complexity index is 1500. The molecule has 0 fully saturated rings. The first-order chi connectivity index (χ1) is 19.6. The largest absolute Gasteiger partial charge is 0.486 e. The third-order valence-electron chi connectivity index (χ3n) is 6.81. The van der Waals surface area contributed by atoms with Gasteiger partial charge in [-0.2, -0.15) is 0 Å². The normalized spacial score (nSPS) is 13.3. The summed E-state index contributed by atoms with van der Waals surface area (Å²) in [6.45, 7) is 5.95. The molecule has 2 amide bonds. The maximum atomic E-state index is 14.0. The number of aryl methyl sites for hydroxylation is 1. The van der Waals surface area contributed by atoms with Gasteiger partial charge in [-0.1, -0.05) is 31.2 Å². The topological polar surface area (TPSA) is 105 Å². The molecular weight excluding hydrogens is 549 g/mol. The molecule has 0 saturated carbocycles. The van der Waals surface area contributed by atoms with E-state index in [0.717, 1.165) is 34.0 Å². The van der Waals surface area contributed by atoms with Crippen molar-refractivity contribution in [2.24, 2.45) is 0 Å². The molecule has 9 nitrogen and oxygen atoms in total. The number of nitrogens with zero attached hydrogens (tertiary/aromatic N) is 2.